The molecule has 0 saturated heterocycles. The molecule has 0 bridgehead atoms. The molecule has 3 nitrogen and oxygen atoms in total. The third-order valence-corrected chi connectivity index (χ3v) is 3.01. The van der Waals surface area contributed by atoms with Crippen molar-refractivity contribution in [1.29, 1.82) is 0 Å². The van der Waals surface area contributed by atoms with E-state index in [1.807, 2.05) is 11.8 Å². The Morgan fingerprint density at radius 3 is 2.71 bits per heavy atom. The van der Waals surface area contributed by atoms with Crippen LogP contribution in [0.1, 0.15) is 19.8 Å². The van der Waals surface area contributed by atoms with E-state index >= 15 is 0 Å². The van der Waals surface area contributed by atoms with E-state index in [9.17, 15) is 0 Å². The molecule has 1 atom stereocenters. The van der Waals surface area contributed by atoms with E-state index in [-0.39, 0.29) is 6.61 Å². The summed E-state index contributed by atoms with van der Waals surface area (Å²) in [6.45, 7) is 4.76. The topological polar surface area (TPSA) is 38.7 Å². The van der Waals surface area contributed by atoms with Gasteiger partial charge in [-0.25, -0.2) is 0 Å². The van der Waals surface area contributed by atoms with E-state index in [1.54, 1.807) is 7.11 Å². The Kier molecular flexibility index (Phi) is 11.5. The molecule has 0 aromatic heterocycles. The number of hydrogen-bond donors (Lipinski definition) is 1. The summed E-state index contributed by atoms with van der Waals surface area (Å²) in [6, 6.07) is 0. The second-order valence-corrected chi connectivity index (χ2v) is 4.70. The molecule has 0 rings (SSSR count). The van der Waals surface area contributed by atoms with Gasteiger partial charge in [-0.15, -0.1) is 0 Å². The highest BCUT2D eigenvalue weighted by atomic mass is 32.2. The molecule has 0 saturated carbocycles. The van der Waals surface area contributed by atoms with Gasteiger partial charge < -0.3 is 14.6 Å². The summed E-state index contributed by atoms with van der Waals surface area (Å²) in [5, 5.41) is 9.21. The van der Waals surface area contributed by atoms with Crippen LogP contribution >= 0.6 is 11.8 Å². The fourth-order valence-electron chi connectivity index (χ4n) is 0.981. The van der Waals surface area contributed by atoms with E-state index < -0.39 is 0 Å². The molecule has 0 aliphatic heterocycles. The second-order valence-electron chi connectivity index (χ2n) is 3.15. The zero-order valence-electron chi connectivity index (χ0n) is 9.20. The highest BCUT2D eigenvalue weighted by molar-refractivity contribution is 7.99. The fraction of sp³-hybridized carbons (Fsp3) is 1.00. The SMILES string of the molecule is COCCCOCCSC(C)CCO. The van der Waals surface area contributed by atoms with Gasteiger partial charge in [0.05, 0.1) is 6.61 Å². The summed E-state index contributed by atoms with van der Waals surface area (Å²) in [5.74, 6) is 1.01. The first-order valence-electron chi connectivity index (χ1n) is 5.10. The zero-order chi connectivity index (χ0) is 10.6. The Balaban J connectivity index is 2.98. The Morgan fingerprint density at radius 2 is 2.07 bits per heavy atom. The molecule has 0 aliphatic carbocycles. The number of aliphatic hydroxyl groups is 1. The molecule has 0 amide bonds. The van der Waals surface area contributed by atoms with Crippen LogP contribution in [0.3, 0.4) is 0 Å². The van der Waals surface area contributed by atoms with Gasteiger partial charge in [0.2, 0.25) is 0 Å². The highest BCUT2D eigenvalue weighted by Crippen LogP contribution is 2.12. The molecule has 0 aliphatic rings. The van der Waals surface area contributed by atoms with Gasteiger partial charge in [0.1, 0.15) is 0 Å². The minimum absolute atomic E-state index is 0.281. The van der Waals surface area contributed by atoms with Crippen molar-refractivity contribution in [1.82, 2.24) is 0 Å². The van der Waals surface area contributed by atoms with Crippen molar-refractivity contribution in [3.8, 4) is 0 Å². The summed E-state index contributed by atoms with van der Waals surface area (Å²) in [4.78, 5) is 0. The Hall–Kier alpha value is 0.230. The highest BCUT2D eigenvalue weighted by Gasteiger charge is 2.00. The molecule has 14 heavy (non-hydrogen) atoms. The van der Waals surface area contributed by atoms with Crippen molar-refractivity contribution in [2.45, 2.75) is 25.0 Å². The minimum atomic E-state index is 0.281. The smallest absolute Gasteiger partial charge is 0.0556 e. The van der Waals surface area contributed by atoms with Crippen molar-refractivity contribution in [2.75, 3.05) is 39.3 Å². The van der Waals surface area contributed by atoms with Crippen molar-refractivity contribution in [3.05, 3.63) is 0 Å². The maximum Gasteiger partial charge on any atom is 0.0556 e. The third kappa shape index (κ3) is 10.3. The van der Waals surface area contributed by atoms with Crippen LogP contribution in [0.25, 0.3) is 0 Å². The predicted octanol–water partition coefficient (Wildman–Crippen LogP) is 1.54. The number of hydrogen-bond acceptors (Lipinski definition) is 4. The second kappa shape index (κ2) is 11.3. The van der Waals surface area contributed by atoms with Gasteiger partial charge in [-0.3, -0.25) is 0 Å². The first-order valence-corrected chi connectivity index (χ1v) is 6.15. The number of thioether (sulfide) groups is 1. The molecule has 1 N–H and O–H groups in total. The van der Waals surface area contributed by atoms with Gasteiger partial charge in [0, 0.05) is 37.9 Å². The minimum Gasteiger partial charge on any atom is -0.396 e. The molecule has 0 aromatic rings. The van der Waals surface area contributed by atoms with Gasteiger partial charge in [-0.1, -0.05) is 6.92 Å². The number of ether oxygens (including phenoxy) is 2. The molecule has 86 valence electrons. The molecular weight excluding hydrogens is 200 g/mol. The summed E-state index contributed by atoms with van der Waals surface area (Å²) in [5.41, 5.74) is 0. The molecule has 0 heterocycles. The van der Waals surface area contributed by atoms with Crippen LogP contribution in [-0.4, -0.2) is 49.6 Å². The Labute approximate surface area is 91.2 Å². The largest absolute Gasteiger partial charge is 0.396 e. The first-order chi connectivity index (χ1) is 6.81. The molecule has 4 heteroatoms. The normalized spacial score (nSPS) is 13.1. The van der Waals surface area contributed by atoms with Crippen LogP contribution in [0, 0.1) is 0 Å². The molecule has 1 unspecified atom stereocenters. The van der Waals surface area contributed by atoms with Gasteiger partial charge in [-0.05, 0) is 12.8 Å². The standard InChI is InChI=1S/C10H22O3S/c1-10(4-5-11)14-9-8-13-7-3-6-12-2/h10-11H,3-9H2,1-2H3. The maximum absolute atomic E-state index is 8.68. The van der Waals surface area contributed by atoms with Crippen molar-refractivity contribution in [3.63, 3.8) is 0 Å². The lowest BCUT2D eigenvalue weighted by Gasteiger charge is -2.09. The van der Waals surface area contributed by atoms with E-state index in [0.29, 0.717) is 5.25 Å². The van der Waals surface area contributed by atoms with Crippen molar-refractivity contribution in [2.24, 2.45) is 0 Å². The average molecular weight is 222 g/mol. The van der Waals surface area contributed by atoms with E-state index in [4.69, 9.17) is 14.6 Å². The van der Waals surface area contributed by atoms with Crippen molar-refractivity contribution >= 4 is 11.8 Å². The van der Waals surface area contributed by atoms with Crippen LogP contribution in [0.2, 0.25) is 0 Å². The van der Waals surface area contributed by atoms with E-state index in [2.05, 4.69) is 6.92 Å². The predicted molar refractivity (Wildman–Crippen MR) is 60.9 cm³/mol. The molecular formula is C10H22O3S. The summed E-state index contributed by atoms with van der Waals surface area (Å²) < 4.78 is 10.3. The maximum atomic E-state index is 8.68. The van der Waals surface area contributed by atoms with Crippen molar-refractivity contribution < 1.29 is 14.6 Å². The van der Waals surface area contributed by atoms with Crippen LogP contribution in [0.15, 0.2) is 0 Å². The van der Waals surface area contributed by atoms with Crippen LogP contribution in [0.5, 0.6) is 0 Å². The summed E-state index contributed by atoms with van der Waals surface area (Å²) in [6.07, 6.45) is 1.84. The lowest BCUT2D eigenvalue weighted by molar-refractivity contribution is 0.113. The molecule has 0 aromatic carbocycles. The van der Waals surface area contributed by atoms with E-state index in [0.717, 1.165) is 38.4 Å². The Bertz CT molecular complexity index is 112. The number of aliphatic hydroxyl groups excluding tert-OH is 1. The van der Waals surface area contributed by atoms with Crippen LogP contribution in [0.4, 0.5) is 0 Å². The number of methoxy groups -OCH3 is 1. The lowest BCUT2D eigenvalue weighted by Crippen LogP contribution is -2.06. The number of rotatable bonds is 10. The average Bonchev–Trinajstić information content (AvgIpc) is 2.17. The van der Waals surface area contributed by atoms with Gasteiger partial charge >= 0.3 is 0 Å². The molecule has 0 spiro atoms. The van der Waals surface area contributed by atoms with Gasteiger partial charge in [0.15, 0.2) is 0 Å². The fourth-order valence-corrected chi connectivity index (χ4v) is 1.87. The van der Waals surface area contributed by atoms with Crippen LogP contribution in [-0.2, 0) is 9.47 Å². The summed E-state index contributed by atoms with van der Waals surface area (Å²) in [7, 11) is 1.70. The van der Waals surface area contributed by atoms with Crippen LogP contribution < -0.4 is 0 Å². The zero-order valence-corrected chi connectivity index (χ0v) is 10.0. The quantitative estimate of drug-likeness (QED) is 0.569. The third-order valence-electron chi connectivity index (χ3n) is 1.80. The van der Waals surface area contributed by atoms with Gasteiger partial charge in [-0.2, -0.15) is 11.8 Å². The Morgan fingerprint density at radius 1 is 1.29 bits per heavy atom. The summed E-state index contributed by atoms with van der Waals surface area (Å²) >= 11 is 1.85. The monoisotopic (exact) mass is 222 g/mol. The first kappa shape index (κ1) is 14.2. The van der Waals surface area contributed by atoms with E-state index in [1.165, 1.54) is 0 Å². The molecule has 0 radical (unpaired) electrons. The molecule has 0 fully saturated rings. The lowest BCUT2D eigenvalue weighted by atomic mass is 10.3. The van der Waals surface area contributed by atoms with Gasteiger partial charge in [0.25, 0.3) is 0 Å².